The van der Waals surface area contributed by atoms with Gasteiger partial charge in [0.2, 0.25) is 5.91 Å². The van der Waals surface area contributed by atoms with Crippen molar-refractivity contribution in [2.45, 2.75) is 32.1 Å². The molecule has 0 atom stereocenters. The first kappa shape index (κ1) is 18.1. The Kier molecular flexibility index (Phi) is 6.93. The molecule has 0 unspecified atom stereocenters. The van der Waals surface area contributed by atoms with Gasteiger partial charge in [-0.15, -0.1) is 11.8 Å². The predicted octanol–water partition coefficient (Wildman–Crippen LogP) is 2.25. The van der Waals surface area contributed by atoms with Crippen LogP contribution in [0, 0.1) is 11.3 Å². The van der Waals surface area contributed by atoms with Crippen molar-refractivity contribution in [1.29, 1.82) is 5.26 Å². The molecule has 0 saturated carbocycles. The molecular weight excluding hydrogens is 300 g/mol. The Balaban J connectivity index is 2.39. The van der Waals surface area contributed by atoms with E-state index in [-0.39, 0.29) is 18.3 Å². The lowest BCUT2D eigenvalue weighted by molar-refractivity contribution is -0.151. The maximum absolute atomic E-state index is 11.9. The molecule has 0 aliphatic heterocycles. The van der Waals surface area contributed by atoms with Gasteiger partial charge in [0.15, 0.2) is 0 Å². The predicted molar refractivity (Wildman–Crippen MR) is 86.2 cm³/mol. The van der Waals surface area contributed by atoms with Crippen LogP contribution in [0.25, 0.3) is 0 Å². The highest BCUT2D eigenvalue weighted by molar-refractivity contribution is 7.99. The van der Waals surface area contributed by atoms with E-state index >= 15 is 0 Å². The van der Waals surface area contributed by atoms with Crippen LogP contribution in [-0.2, 0) is 20.1 Å². The van der Waals surface area contributed by atoms with Crippen LogP contribution in [0.1, 0.15) is 31.9 Å². The first-order chi connectivity index (χ1) is 10.4. The fourth-order valence-corrected chi connectivity index (χ4v) is 2.47. The number of benzene rings is 1. The fraction of sp³-hybridized carbons (Fsp3) is 0.438. The summed E-state index contributed by atoms with van der Waals surface area (Å²) in [5.74, 6) is 0.263. The van der Waals surface area contributed by atoms with E-state index in [4.69, 9.17) is 10.00 Å². The highest BCUT2D eigenvalue weighted by atomic mass is 32.2. The molecule has 22 heavy (non-hydrogen) atoms. The van der Waals surface area contributed by atoms with E-state index in [0.29, 0.717) is 11.3 Å². The van der Waals surface area contributed by atoms with Gasteiger partial charge in [-0.25, -0.2) is 4.79 Å². The summed E-state index contributed by atoms with van der Waals surface area (Å²) in [4.78, 5) is 23.6. The van der Waals surface area contributed by atoms with Crippen molar-refractivity contribution in [2.75, 3.05) is 12.4 Å². The smallest absolute Gasteiger partial charge is 0.331 e. The molecule has 1 amide bonds. The highest BCUT2D eigenvalue weighted by Crippen LogP contribution is 2.13. The van der Waals surface area contributed by atoms with Crippen LogP contribution in [0.5, 0.6) is 0 Å². The Bertz CT molecular complexity index is 562. The zero-order valence-corrected chi connectivity index (χ0v) is 13.8. The summed E-state index contributed by atoms with van der Waals surface area (Å²) in [7, 11) is 0. The lowest BCUT2D eigenvalue weighted by atomic mass is 10.1. The number of rotatable bonds is 7. The van der Waals surface area contributed by atoms with E-state index in [2.05, 4.69) is 11.4 Å². The van der Waals surface area contributed by atoms with Crippen molar-refractivity contribution < 1.29 is 14.3 Å². The number of hydrogen-bond donors (Lipinski definition) is 1. The van der Waals surface area contributed by atoms with Gasteiger partial charge in [-0.2, -0.15) is 5.26 Å². The standard InChI is InChI=1S/C16H20N2O3S/c1-4-21-15(20)16(2,3)18-14(19)11-22-10-13-7-5-12(9-17)6-8-13/h5-8H,4,10-11H2,1-3H3,(H,18,19). The molecule has 0 saturated heterocycles. The molecule has 0 heterocycles. The summed E-state index contributed by atoms with van der Waals surface area (Å²) in [5, 5.41) is 11.4. The van der Waals surface area contributed by atoms with Gasteiger partial charge in [-0.3, -0.25) is 4.79 Å². The number of carbonyl (C=O) groups is 2. The second-order valence-corrected chi connectivity index (χ2v) is 6.18. The molecule has 1 aromatic rings. The third kappa shape index (κ3) is 5.78. The van der Waals surface area contributed by atoms with E-state index in [1.54, 1.807) is 32.9 Å². The fourth-order valence-electron chi connectivity index (χ4n) is 1.68. The average Bonchev–Trinajstić information content (AvgIpc) is 2.47. The Hall–Kier alpha value is -2.00. The van der Waals surface area contributed by atoms with Gasteiger partial charge in [0.25, 0.3) is 0 Å². The van der Waals surface area contributed by atoms with Crippen molar-refractivity contribution in [2.24, 2.45) is 0 Å². The highest BCUT2D eigenvalue weighted by Gasteiger charge is 2.30. The number of thioether (sulfide) groups is 1. The normalized spacial score (nSPS) is 10.6. The van der Waals surface area contributed by atoms with Gasteiger partial charge >= 0.3 is 5.97 Å². The second kappa shape index (κ2) is 8.44. The minimum absolute atomic E-state index is 0.211. The number of ether oxygens (including phenoxy) is 1. The molecule has 0 fully saturated rings. The molecule has 0 radical (unpaired) electrons. The summed E-state index contributed by atoms with van der Waals surface area (Å²) in [5.41, 5.74) is 0.631. The van der Waals surface area contributed by atoms with Crippen molar-refractivity contribution in [3.8, 4) is 6.07 Å². The van der Waals surface area contributed by atoms with Crippen molar-refractivity contribution in [1.82, 2.24) is 5.32 Å². The van der Waals surface area contributed by atoms with E-state index in [0.717, 1.165) is 5.56 Å². The second-order valence-electron chi connectivity index (χ2n) is 5.20. The van der Waals surface area contributed by atoms with Crippen LogP contribution in [0.3, 0.4) is 0 Å². The molecule has 0 aliphatic rings. The van der Waals surface area contributed by atoms with Crippen LogP contribution in [0.2, 0.25) is 0 Å². The third-order valence-electron chi connectivity index (χ3n) is 2.82. The molecular formula is C16H20N2O3S. The average molecular weight is 320 g/mol. The minimum Gasteiger partial charge on any atom is -0.464 e. The summed E-state index contributed by atoms with van der Waals surface area (Å²) in [6, 6.07) is 9.29. The molecule has 5 nitrogen and oxygen atoms in total. The molecule has 118 valence electrons. The minimum atomic E-state index is -1.03. The van der Waals surface area contributed by atoms with E-state index in [1.807, 2.05) is 12.1 Å². The molecule has 0 aliphatic carbocycles. The molecule has 6 heteroatoms. The van der Waals surface area contributed by atoms with Gasteiger partial charge < -0.3 is 10.1 Å². The maximum atomic E-state index is 11.9. The van der Waals surface area contributed by atoms with Gasteiger partial charge in [-0.1, -0.05) is 12.1 Å². The van der Waals surface area contributed by atoms with Crippen LogP contribution in [0.4, 0.5) is 0 Å². The van der Waals surface area contributed by atoms with Crippen molar-refractivity contribution in [3.05, 3.63) is 35.4 Å². The number of amides is 1. The Labute approximate surface area is 135 Å². The molecule has 1 rings (SSSR count). The number of nitrogens with one attached hydrogen (secondary N) is 1. The van der Waals surface area contributed by atoms with Crippen LogP contribution < -0.4 is 5.32 Å². The number of nitrogens with zero attached hydrogens (tertiary/aromatic N) is 1. The maximum Gasteiger partial charge on any atom is 0.331 e. The lowest BCUT2D eigenvalue weighted by Gasteiger charge is -2.23. The van der Waals surface area contributed by atoms with Crippen LogP contribution >= 0.6 is 11.8 Å². The first-order valence-corrected chi connectivity index (χ1v) is 8.09. The summed E-state index contributed by atoms with van der Waals surface area (Å²) in [6.45, 7) is 5.25. The molecule has 0 aromatic heterocycles. The molecule has 0 bridgehead atoms. The number of esters is 1. The number of carbonyl (C=O) groups excluding carboxylic acids is 2. The van der Waals surface area contributed by atoms with Gasteiger partial charge in [0, 0.05) is 5.75 Å². The van der Waals surface area contributed by atoms with E-state index < -0.39 is 11.5 Å². The van der Waals surface area contributed by atoms with Crippen LogP contribution in [0.15, 0.2) is 24.3 Å². The molecule has 1 aromatic carbocycles. The quantitative estimate of drug-likeness (QED) is 0.780. The topological polar surface area (TPSA) is 79.2 Å². The number of hydrogen-bond acceptors (Lipinski definition) is 5. The van der Waals surface area contributed by atoms with Crippen molar-refractivity contribution in [3.63, 3.8) is 0 Å². The van der Waals surface area contributed by atoms with E-state index in [9.17, 15) is 9.59 Å². The van der Waals surface area contributed by atoms with Crippen molar-refractivity contribution >= 4 is 23.6 Å². The molecule has 1 N–H and O–H groups in total. The Morgan fingerprint density at radius 3 is 2.50 bits per heavy atom. The number of nitriles is 1. The van der Waals surface area contributed by atoms with Gasteiger partial charge in [0.05, 0.1) is 24.0 Å². The SMILES string of the molecule is CCOC(=O)C(C)(C)NC(=O)CSCc1ccc(C#N)cc1. The van der Waals surface area contributed by atoms with Crippen LogP contribution in [-0.4, -0.2) is 29.8 Å². The van der Waals surface area contributed by atoms with Gasteiger partial charge in [0.1, 0.15) is 5.54 Å². The van der Waals surface area contributed by atoms with E-state index in [1.165, 1.54) is 11.8 Å². The largest absolute Gasteiger partial charge is 0.464 e. The summed E-state index contributed by atoms with van der Waals surface area (Å²) >= 11 is 1.45. The zero-order valence-electron chi connectivity index (χ0n) is 13.0. The van der Waals surface area contributed by atoms with Gasteiger partial charge in [-0.05, 0) is 38.5 Å². The Morgan fingerprint density at radius 2 is 1.95 bits per heavy atom. The monoisotopic (exact) mass is 320 g/mol. The lowest BCUT2D eigenvalue weighted by Crippen LogP contribution is -2.51. The third-order valence-corrected chi connectivity index (χ3v) is 3.83. The zero-order chi connectivity index (χ0) is 16.6. The summed E-state index contributed by atoms with van der Waals surface area (Å²) < 4.78 is 4.92. The first-order valence-electron chi connectivity index (χ1n) is 6.94. The molecule has 0 spiro atoms. The Morgan fingerprint density at radius 1 is 1.32 bits per heavy atom. The summed E-state index contributed by atoms with van der Waals surface area (Å²) in [6.07, 6.45) is 0.